The third-order valence-corrected chi connectivity index (χ3v) is 4.08. The lowest BCUT2D eigenvalue weighted by molar-refractivity contribution is -0.384. The molecular weight excluding hydrogens is 358 g/mol. The summed E-state index contributed by atoms with van der Waals surface area (Å²) < 4.78 is 0. The lowest BCUT2D eigenvalue weighted by atomic mass is 10.2. The Morgan fingerprint density at radius 2 is 1.68 bits per heavy atom. The van der Waals surface area contributed by atoms with E-state index in [1.165, 1.54) is 30.5 Å². The van der Waals surface area contributed by atoms with Crippen LogP contribution in [0, 0.1) is 21.4 Å². The molecule has 0 aromatic heterocycles. The van der Waals surface area contributed by atoms with Crippen LogP contribution in [-0.4, -0.2) is 23.9 Å². The van der Waals surface area contributed by atoms with Crippen molar-refractivity contribution >= 4 is 28.7 Å². The number of nitriles is 1. The average Bonchev–Trinajstić information content (AvgIpc) is 2.71. The molecule has 2 N–H and O–H groups in total. The van der Waals surface area contributed by atoms with Gasteiger partial charge >= 0.3 is 0 Å². The Bertz CT molecular complexity index is 895. The molecule has 0 aliphatic carbocycles. The molecule has 8 nitrogen and oxygen atoms in total. The minimum absolute atomic E-state index is 0.0797. The smallest absolute Gasteiger partial charge is 0.269 e. The molecule has 28 heavy (non-hydrogen) atoms. The summed E-state index contributed by atoms with van der Waals surface area (Å²) in [6.07, 6.45) is 1.33. The second kappa shape index (κ2) is 9.73. The monoisotopic (exact) mass is 379 g/mol. The number of hydrogen-bond donors (Lipinski definition) is 2. The molecule has 0 unspecified atom stereocenters. The highest BCUT2D eigenvalue weighted by Gasteiger charge is 2.11. The molecule has 2 aromatic carbocycles. The molecule has 0 saturated carbocycles. The summed E-state index contributed by atoms with van der Waals surface area (Å²) in [7, 11) is 0. The van der Waals surface area contributed by atoms with Crippen LogP contribution in [0.1, 0.15) is 13.8 Å². The predicted octanol–water partition coefficient (Wildman–Crippen LogP) is 3.90. The zero-order valence-corrected chi connectivity index (χ0v) is 15.7. The summed E-state index contributed by atoms with van der Waals surface area (Å²) in [6.45, 7) is 5.98. The molecule has 0 bridgehead atoms. The lowest BCUT2D eigenvalue weighted by Crippen LogP contribution is -2.21. The zero-order valence-electron chi connectivity index (χ0n) is 15.7. The number of rotatable bonds is 8. The molecule has 1 amide bonds. The topological polar surface area (TPSA) is 111 Å². The van der Waals surface area contributed by atoms with Crippen LogP contribution in [-0.2, 0) is 4.79 Å². The number of amides is 1. The van der Waals surface area contributed by atoms with Crippen LogP contribution in [0.25, 0.3) is 0 Å². The summed E-state index contributed by atoms with van der Waals surface area (Å²) >= 11 is 0. The number of carbonyl (C=O) groups excluding carboxylic acids is 1. The Hall–Kier alpha value is -3.86. The van der Waals surface area contributed by atoms with E-state index >= 15 is 0 Å². The molecule has 0 spiro atoms. The van der Waals surface area contributed by atoms with Gasteiger partial charge < -0.3 is 15.5 Å². The van der Waals surface area contributed by atoms with Gasteiger partial charge in [0.1, 0.15) is 11.6 Å². The summed E-state index contributed by atoms with van der Waals surface area (Å²) in [5.41, 5.74) is 2.00. The van der Waals surface area contributed by atoms with E-state index in [2.05, 4.69) is 29.4 Å². The highest BCUT2D eigenvalue weighted by atomic mass is 16.6. The first-order valence-electron chi connectivity index (χ1n) is 8.76. The van der Waals surface area contributed by atoms with Crippen LogP contribution in [0.5, 0.6) is 0 Å². The molecule has 0 aliphatic heterocycles. The van der Waals surface area contributed by atoms with Gasteiger partial charge in [-0.25, -0.2) is 0 Å². The van der Waals surface area contributed by atoms with Crippen molar-refractivity contribution in [1.29, 1.82) is 5.26 Å². The number of benzene rings is 2. The SMILES string of the molecule is CCN(CC)c1ccc(N/C=C(/C#N)C(=O)Nc2ccc([N+](=O)[O-])cc2)cc1. The maximum atomic E-state index is 12.2. The van der Waals surface area contributed by atoms with Crippen molar-refractivity contribution in [2.75, 3.05) is 28.6 Å². The van der Waals surface area contributed by atoms with E-state index in [4.69, 9.17) is 0 Å². The molecule has 0 saturated heterocycles. The summed E-state index contributed by atoms with van der Waals surface area (Å²) in [5, 5.41) is 25.4. The van der Waals surface area contributed by atoms with Crippen molar-refractivity contribution in [3.05, 3.63) is 70.4 Å². The second-order valence-corrected chi connectivity index (χ2v) is 5.79. The van der Waals surface area contributed by atoms with E-state index in [1.807, 2.05) is 30.3 Å². The Morgan fingerprint density at radius 3 is 2.18 bits per heavy atom. The Balaban J connectivity index is 2.03. The van der Waals surface area contributed by atoms with E-state index in [1.54, 1.807) is 0 Å². The minimum atomic E-state index is -0.608. The number of non-ortho nitro benzene ring substituents is 1. The standard InChI is InChI=1S/C20H21N5O3/c1-3-24(4-2)18-9-5-16(6-10-18)22-14-15(13-21)20(26)23-17-7-11-19(12-8-17)25(27)28/h5-12,14,22H,3-4H2,1-2H3,(H,23,26)/b15-14-. The van der Waals surface area contributed by atoms with Crippen LogP contribution in [0.2, 0.25) is 0 Å². The highest BCUT2D eigenvalue weighted by Crippen LogP contribution is 2.18. The van der Waals surface area contributed by atoms with Gasteiger partial charge in [0.2, 0.25) is 0 Å². The van der Waals surface area contributed by atoms with Crippen LogP contribution in [0.3, 0.4) is 0 Å². The third-order valence-electron chi connectivity index (χ3n) is 4.08. The first-order chi connectivity index (χ1) is 13.5. The largest absolute Gasteiger partial charge is 0.372 e. The van der Waals surface area contributed by atoms with Gasteiger partial charge in [-0.05, 0) is 50.2 Å². The van der Waals surface area contributed by atoms with Crippen molar-refractivity contribution in [3.63, 3.8) is 0 Å². The average molecular weight is 379 g/mol. The van der Waals surface area contributed by atoms with Gasteiger partial charge in [-0.15, -0.1) is 0 Å². The quantitative estimate of drug-likeness (QED) is 0.311. The van der Waals surface area contributed by atoms with E-state index < -0.39 is 10.8 Å². The molecule has 0 atom stereocenters. The molecular formula is C20H21N5O3. The molecule has 2 rings (SSSR count). The van der Waals surface area contributed by atoms with E-state index in [9.17, 15) is 20.2 Å². The number of hydrogen-bond acceptors (Lipinski definition) is 6. The van der Waals surface area contributed by atoms with Crippen LogP contribution >= 0.6 is 0 Å². The van der Waals surface area contributed by atoms with Gasteiger partial charge in [-0.3, -0.25) is 14.9 Å². The first kappa shape index (κ1) is 20.5. The van der Waals surface area contributed by atoms with Gasteiger partial charge in [0, 0.05) is 48.5 Å². The van der Waals surface area contributed by atoms with Crippen LogP contribution in [0.15, 0.2) is 60.3 Å². The first-order valence-corrected chi connectivity index (χ1v) is 8.76. The Kier molecular flexibility index (Phi) is 7.11. The van der Waals surface area contributed by atoms with Gasteiger partial charge in [0.05, 0.1) is 4.92 Å². The fourth-order valence-corrected chi connectivity index (χ4v) is 2.53. The van der Waals surface area contributed by atoms with E-state index in [0.29, 0.717) is 5.69 Å². The fraction of sp³-hybridized carbons (Fsp3) is 0.200. The van der Waals surface area contributed by atoms with Crippen molar-refractivity contribution in [2.24, 2.45) is 0 Å². The number of nitrogens with one attached hydrogen (secondary N) is 2. The van der Waals surface area contributed by atoms with Gasteiger partial charge in [-0.2, -0.15) is 5.26 Å². The molecule has 0 radical (unpaired) electrons. The maximum Gasteiger partial charge on any atom is 0.269 e. The van der Waals surface area contributed by atoms with Crippen molar-refractivity contribution < 1.29 is 9.72 Å². The third kappa shape index (κ3) is 5.32. The molecule has 0 heterocycles. The van der Waals surface area contributed by atoms with E-state index in [0.717, 1.165) is 24.5 Å². The maximum absolute atomic E-state index is 12.2. The minimum Gasteiger partial charge on any atom is -0.372 e. The fourth-order valence-electron chi connectivity index (χ4n) is 2.53. The summed E-state index contributed by atoms with van der Waals surface area (Å²) in [6, 6.07) is 14.9. The highest BCUT2D eigenvalue weighted by molar-refractivity contribution is 6.06. The van der Waals surface area contributed by atoms with Gasteiger partial charge in [-0.1, -0.05) is 0 Å². The lowest BCUT2D eigenvalue weighted by Gasteiger charge is -2.21. The molecule has 0 aliphatic rings. The number of carbonyl (C=O) groups is 1. The van der Waals surface area contributed by atoms with Crippen LogP contribution < -0.4 is 15.5 Å². The normalized spacial score (nSPS) is 10.7. The number of nitro groups is 1. The van der Waals surface area contributed by atoms with Crippen molar-refractivity contribution in [3.8, 4) is 6.07 Å². The number of nitro benzene ring substituents is 1. The van der Waals surface area contributed by atoms with Gasteiger partial charge in [0.15, 0.2) is 0 Å². The summed E-state index contributed by atoms with van der Waals surface area (Å²) in [5.74, 6) is -0.608. The summed E-state index contributed by atoms with van der Waals surface area (Å²) in [4.78, 5) is 24.6. The number of nitrogens with zero attached hydrogens (tertiary/aromatic N) is 3. The van der Waals surface area contributed by atoms with Crippen LogP contribution in [0.4, 0.5) is 22.7 Å². The Labute approximate surface area is 163 Å². The molecule has 2 aromatic rings. The Morgan fingerprint density at radius 1 is 1.11 bits per heavy atom. The van der Waals surface area contributed by atoms with E-state index in [-0.39, 0.29) is 11.3 Å². The molecule has 0 fully saturated rings. The second-order valence-electron chi connectivity index (χ2n) is 5.79. The van der Waals surface area contributed by atoms with Crippen molar-refractivity contribution in [2.45, 2.75) is 13.8 Å². The van der Waals surface area contributed by atoms with Crippen molar-refractivity contribution in [1.82, 2.24) is 0 Å². The molecule has 144 valence electrons. The zero-order chi connectivity index (χ0) is 20.5. The number of anilines is 3. The molecule has 8 heteroatoms. The van der Waals surface area contributed by atoms with Gasteiger partial charge in [0.25, 0.3) is 11.6 Å². The predicted molar refractivity (Wildman–Crippen MR) is 109 cm³/mol.